The Labute approximate surface area is 126 Å². The van der Waals surface area contributed by atoms with Crippen LogP contribution in [-0.2, 0) is 0 Å². The van der Waals surface area contributed by atoms with Gasteiger partial charge in [-0.1, -0.05) is 43.5 Å². The molecule has 2 aromatic rings. The number of nitrogens with two attached hydrogens (primary N) is 1. The van der Waals surface area contributed by atoms with Gasteiger partial charge in [0.25, 0.3) is 0 Å². The van der Waals surface area contributed by atoms with E-state index < -0.39 is 0 Å². The molecule has 18 heavy (non-hydrogen) atoms. The zero-order chi connectivity index (χ0) is 13.3. The van der Waals surface area contributed by atoms with E-state index in [1.54, 1.807) is 24.3 Å². The van der Waals surface area contributed by atoms with Crippen molar-refractivity contribution in [2.45, 2.75) is 0 Å². The van der Waals surface area contributed by atoms with Gasteiger partial charge in [0.2, 0.25) is 0 Å². The zero-order valence-corrected chi connectivity index (χ0v) is 13.0. The van der Waals surface area contributed by atoms with Gasteiger partial charge in [0.1, 0.15) is 0 Å². The molecule has 0 spiro atoms. The Morgan fingerprint density at radius 2 is 1.78 bits per heavy atom. The smallest absolute Gasteiger partial charge is 0.195 e. The number of halogens is 3. The number of hydrogen-bond donors (Lipinski definition) is 1. The van der Waals surface area contributed by atoms with Crippen molar-refractivity contribution in [2.75, 3.05) is 5.73 Å². The van der Waals surface area contributed by atoms with E-state index >= 15 is 0 Å². The summed E-state index contributed by atoms with van der Waals surface area (Å²) in [5, 5.41) is 0.354. The Morgan fingerprint density at radius 3 is 2.44 bits per heavy atom. The van der Waals surface area contributed by atoms with Gasteiger partial charge in [-0.25, -0.2) is 0 Å². The molecule has 5 heteroatoms. The zero-order valence-electron chi connectivity index (χ0n) is 9.08. The average molecular weight is 389 g/mol. The van der Waals surface area contributed by atoms with Crippen LogP contribution in [0.3, 0.4) is 0 Å². The molecule has 0 unspecified atom stereocenters. The first-order chi connectivity index (χ1) is 8.49. The van der Waals surface area contributed by atoms with Crippen molar-refractivity contribution >= 4 is 54.9 Å². The van der Waals surface area contributed by atoms with Crippen LogP contribution in [0.15, 0.2) is 45.3 Å². The van der Waals surface area contributed by atoms with Crippen molar-refractivity contribution in [3.05, 3.63) is 61.5 Å². The monoisotopic (exact) mass is 387 g/mol. The molecule has 92 valence electrons. The summed E-state index contributed by atoms with van der Waals surface area (Å²) in [6.45, 7) is 0. The molecular formula is C13H8Br2ClNO. The normalized spacial score (nSPS) is 10.4. The lowest BCUT2D eigenvalue weighted by atomic mass is 10.0. The number of hydrogen-bond acceptors (Lipinski definition) is 2. The predicted octanol–water partition coefficient (Wildman–Crippen LogP) is 4.68. The van der Waals surface area contributed by atoms with Gasteiger partial charge < -0.3 is 5.73 Å². The van der Waals surface area contributed by atoms with Crippen LogP contribution >= 0.6 is 43.5 Å². The molecule has 2 aromatic carbocycles. The fraction of sp³-hybridized carbons (Fsp3) is 0. The second-order valence-corrected chi connectivity index (χ2v) is 5.87. The summed E-state index contributed by atoms with van der Waals surface area (Å²) >= 11 is 12.7. The van der Waals surface area contributed by atoms with Gasteiger partial charge in [0.05, 0.1) is 5.02 Å². The summed E-state index contributed by atoms with van der Waals surface area (Å²) in [7, 11) is 0. The highest BCUT2D eigenvalue weighted by Crippen LogP contribution is 2.27. The minimum atomic E-state index is -0.145. The van der Waals surface area contributed by atoms with E-state index in [1.807, 2.05) is 12.1 Å². The Bertz CT molecular complexity index is 628. The third-order valence-electron chi connectivity index (χ3n) is 2.41. The minimum absolute atomic E-state index is 0.145. The van der Waals surface area contributed by atoms with Crippen LogP contribution in [0.25, 0.3) is 0 Å². The number of nitrogen functional groups attached to an aromatic ring is 1. The third-order valence-corrected chi connectivity index (χ3v) is 3.91. The van der Waals surface area contributed by atoms with E-state index in [-0.39, 0.29) is 5.78 Å². The molecule has 0 aromatic heterocycles. The quantitative estimate of drug-likeness (QED) is 0.599. The first-order valence-corrected chi connectivity index (χ1v) is 7.00. The van der Waals surface area contributed by atoms with Crippen LogP contribution < -0.4 is 5.73 Å². The first kappa shape index (κ1) is 13.6. The predicted molar refractivity (Wildman–Crippen MR) is 81.1 cm³/mol. The summed E-state index contributed by atoms with van der Waals surface area (Å²) in [5.74, 6) is -0.145. The van der Waals surface area contributed by atoms with E-state index in [0.29, 0.717) is 21.8 Å². The molecule has 0 aliphatic heterocycles. The van der Waals surface area contributed by atoms with Gasteiger partial charge in [0.15, 0.2) is 5.78 Å². The summed E-state index contributed by atoms with van der Waals surface area (Å²) in [5.41, 5.74) is 7.13. The number of benzene rings is 2. The maximum atomic E-state index is 12.4. The van der Waals surface area contributed by atoms with Crippen molar-refractivity contribution in [1.82, 2.24) is 0 Å². The lowest BCUT2D eigenvalue weighted by Crippen LogP contribution is -2.03. The molecule has 0 aliphatic carbocycles. The molecule has 2 rings (SSSR count). The molecule has 2 nitrogen and oxygen atoms in total. The van der Waals surface area contributed by atoms with Gasteiger partial charge >= 0.3 is 0 Å². The Hall–Kier alpha value is -0.840. The van der Waals surface area contributed by atoms with Gasteiger partial charge in [-0.2, -0.15) is 0 Å². The van der Waals surface area contributed by atoms with Crippen molar-refractivity contribution < 1.29 is 4.79 Å². The Morgan fingerprint density at radius 1 is 1.06 bits per heavy atom. The van der Waals surface area contributed by atoms with E-state index in [4.69, 9.17) is 17.3 Å². The van der Waals surface area contributed by atoms with Gasteiger partial charge in [0, 0.05) is 25.8 Å². The lowest BCUT2D eigenvalue weighted by molar-refractivity contribution is 0.103. The van der Waals surface area contributed by atoms with E-state index in [2.05, 4.69) is 31.9 Å². The standard InChI is InChI=1S/C13H8Br2ClNO/c14-7-1-4-11(15)10(5-7)13(18)9-3-2-8(17)6-12(9)16/h1-6H,17H2. The van der Waals surface area contributed by atoms with Crippen molar-refractivity contribution in [2.24, 2.45) is 0 Å². The minimum Gasteiger partial charge on any atom is -0.399 e. The molecule has 0 fully saturated rings. The molecule has 0 atom stereocenters. The number of rotatable bonds is 2. The number of ketones is 1. The van der Waals surface area contributed by atoms with Gasteiger partial charge in [-0.05, 0) is 36.4 Å². The molecule has 0 saturated heterocycles. The van der Waals surface area contributed by atoms with E-state index in [9.17, 15) is 4.79 Å². The van der Waals surface area contributed by atoms with Gasteiger partial charge in [-0.3, -0.25) is 4.79 Å². The highest BCUT2D eigenvalue weighted by atomic mass is 79.9. The number of carbonyl (C=O) groups is 1. The molecule has 2 N–H and O–H groups in total. The van der Waals surface area contributed by atoms with Crippen LogP contribution in [0.2, 0.25) is 5.02 Å². The van der Waals surface area contributed by atoms with Gasteiger partial charge in [-0.15, -0.1) is 0 Å². The van der Waals surface area contributed by atoms with Crippen LogP contribution in [-0.4, -0.2) is 5.78 Å². The summed E-state index contributed by atoms with van der Waals surface area (Å²) in [4.78, 5) is 12.4. The highest BCUT2D eigenvalue weighted by Gasteiger charge is 2.16. The molecule has 0 heterocycles. The maximum Gasteiger partial charge on any atom is 0.195 e. The SMILES string of the molecule is Nc1ccc(C(=O)c2cc(Br)ccc2Br)c(Cl)c1. The average Bonchev–Trinajstić information content (AvgIpc) is 2.31. The third kappa shape index (κ3) is 2.76. The number of anilines is 1. The van der Waals surface area contributed by atoms with Crippen molar-refractivity contribution in [3.8, 4) is 0 Å². The van der Waals surface area contributed by atoms with Crippen LogP contribution in [0.1, 0.15) is 15.9 Å². The van der Waals surface area contributed by atoms with Crippen molar-refractivity contribution in [1.29, 1.82) is 0 Å². The molecule has 0 amide bonds. The van der Waals surface area contributed by atoms with E-state index in [0.717, 1.165) is 8.95 Å². The van der Waals surface area contributed by atoms with Crippen LogP contribution in [0, 0.1) is 0 Å². The molecule has 0 bridgehead atoms. The van der Waals surface area contributed by atoms with Crippen molar-refractivity contribution in [3.63, 3.8) is 0 Å². The summed E-state index contributed by atoms with van der Waals surface area (Å²) in [6.07, 6.45) is 0. The lowest BCUT2D eigenvalue weighted by Gasteiger charge is -2.07. The molecule has 0 saturated carbocycles. The second-order valence-electron chi connectivity index (χ2n) is 3.69. The first-order valence-electron chi connectivity index (χ1n) is 5.04. The maximum absolute atomic E-state index is 12.4. The second kappa shape index (κ2) is 5.43. The molecule has 0 aliphatic rings. The van der Waals surface area contributed by atoms with Crippen LogP contribution in [0.4, 0.5) is 5.69 Å². The summed E-state index contributed by atoms with van der Waals surface area (Å²) in [6, 6.07) is 10.3. The Kier molecular flexibility index (Phi) is 4.10. The number of carbonyl (C=O) groups excluding carboxylic acids is 1. The largest absolute Gasteiger partial charge is 0.399 e. The topological polar surface area (TPSA) is 43.1 Å². The fourth-order valence-corrected chi connectivity index (χ4v) is 2.59. The molecule has 0 radical (unpaired) electrons. The molecular weight excluding hydrogens is 381 g/mol. The highest BCUT2D eigenvalue weighted by molar-refractivity contribution is 9.11. The summed E-state index contributed by atoms with van der Waals surface area (Å²) < 4.78 is 1.56. The fourth-order valence-electron chi connectivity index (χ4n) is 1.53. The van der Waals surface area contributed by atoms with Crippen LogP contribution in [0.5, 0.6) is 0 Å². The van der Waals surface area contributed by atoms with E-state index in [1.165, 1.54) is 0 Å². The Balaban J connectivity index is 2.51.